The Bertz CT molecular complexity index is 508. The highest BCUT2D eigenvalue weighted by molar-refractivity contribution is 5.84. The standard InChI is InChI=1S/C20H32O2/c1-6-18(4)12-13-20(22)16(18)14(21)8-9-15-17(2,3)10-7-11-19(15,20)5/h6,15-16,22H,1,7-13H2,2-5H3. The summed E-state index contributed by atoms with van der Waals surface area (Å²) in [4.78, 5) is 13.0. The minimum Gasteiger partial charge on any atom is -0.389 e. The van der Waals surface area contributed by atoms with E-state index in [9.17, 15) is 9.90 Å². The van der Waals surface area contributed by atoms with Gasteiger partial charge in [-0.1, -0.05) is 40.2 Å². The van der Waals surface area contributed by atoms with Crippen LogP contribution in [0.3, 0.4) is 0 Å². The van der Waals surface area contributed by atoms with Crippen LogP contribution in [0.4, 0.5) is 0 Å². The maximum Gasteiger partial charge on any atom is 0.139 e. The summed E-state index contributed by atoms with van der Waals surface area (Å²) in [6.45, 7) is 13.1. The van der Waals surface area contributed by atoms with Crippen LogP contribution < -0.4 is 0 Å². The first kappa shape index (κ1) is 16.2. The summed E-state index contributed by atoms with van der Waals surface area (Å²) in [5.41, 5.74) is -1.03. The van der Waals surface area contributed by atoms with Gasteiger partial charge in [0.2, 0.25) is 0 Å². The van der Waals surface area contributed by atoms with Gasteiger partial charge in [0.25, 0.3) is 0 Å². The quantitative estimate of drug-likeness (QED) is 0.723. The van der Waals surface area contributed by atoms with Gasteiger partial charge < -0.3 is 5.11 Å². The SMILES string of the molecule is C=CC1(C)CCC2(O)C1C(=O)CCC1C(C)(C)CCCC12C. The molecule has 0 aromatic heterocycles. The molecule has 0 bridgehead atoms. The Labute approximate surface area is 135 Å². The third-order valence-corrected chi connectivity index (χ3v) is 7.87. The Hall–Kier alpha value is -0.630. The molecule has 0 spiro atoms. The Morgan fingerprint density at radius 3 is 2.45 bits per heavy atom. The first-order chi connectivity index (χ1) is 10.1. The average molecular weight is 304 g/mol. The number of hydrogen-bond donors (Lipinski definition) is 1. The number of Topliss-reactive ketones (excluding diaryl/α,β-unsaturated/α-hetero) is 1. The highest BCUT2D eigenvalue weighted by atomic mass is 16.3. The molecule has 3 aliphatic carbocycles. The van der Waals surface area contributed by atoms with Crippen molar-refractivity contribution in [3.05, 3.63) is 12.7 Å². The molecule has 3 saturated carbocycles. The highest BCUT2D eigenvalue weighted by Crippen LogP contribution is 2.67. The monoisotopic (exact) mass is 304 g/mol. The fourth-order valence-corrected chi connectivity index (χ4v) is 6.54. The smallest absolute Gasteiger partial charge is 0.139 e. The lowest BCUT2D eigenvalue weighted by atomic mass is 9.49. The van der Waals surface area contributed by atoms with Crippen molar-refractivity contribution in [1.82, 2.24) is 0 Å². The van der Waals surface area contributed by atoms with Gasteiger partial charge in [0.1, 0.15) is 5.78 Å². The third-order valence-electron chi connectivity index (χ3n) is 7.87. The summed E-state index contributed by atoms with van der Waals surface area (Å²) in [5, 5.41) is 11.8. The van der Waals surface area contributed by atoms with Gasteiger partial charge in [0.15, 0.2) is 0 Å². The Morgan fingerprint density at radius 1 is 1.14 bits per heavy atom. The van der Waals surface area contributed by atoms with Crippen LogP contribution in [-0.2, 0) is 4.79 Å². The van der Waals surface area contributed by atoms with E-state index < -0.39 is 5.60 Å². The summed E-state index contributed by atoms with van der Waals surface area (Å²) >= 11 is 0. The number of carbonyl (C=O) groups excluding carboxylic acids is 1. The Balaban J connectivity index is 2.15. The molecule has 0 amide bonds. The molecule has 1 N–H and O–H groups in total. The lowest BCUT2D eigenvalue weighted by Crippen LogP contribution is -2.59. The summed E-state index contributed by atoms with van der Waals surface area (Å²) in [7, 11) is 0. The van der Waals surface area contributed by atoms with Crippen molar-refractivity contribution >= 4 is 5.78 Å². The maximum atomic E-state index is 13.0. The molecule has 3 fully saturated rings. The van der Waals surface area contributed by atoms with E-state index in [2.05, 4.69) is 34.3 Å². The lowest BCUT2D eigenvalue weighted by Gasteiger charge is -2.57. The second-order valence-corrected chi connectivity index (χ2v) is 9.38. The molecule has 0 aromatic rings. The van der Waals surface area contributed by atoms with E-state index >= 15 is 0 Å². The van der Waals surface area contributed by atoms with Gasteiger partial charge in [-0.25, -0.2) is 0 Å². The number of rotatable bonds is 1. The number of ketones is 1. The van der Waals surface area contributed by atoms with Crippen LogP contribution >= 0.6 is 0 Å². The van der Waals surface area contributed by atoms with E-state index in [0.29, 0.717) is 12.3 Å². The van der Waals surface area contributed by atoms with Crippen LogP contribution in [0, 0.1) is 28.1 Å². The molecule has 22 heavy (non-hydrogen) atoms. The highest BCUT2D eigenvalue weighted by Gasteiger charge is 2.68. The van der Waals surface area contributed by atoms with Crippen LogP contribution in [-0.4, -0.2) is 16.5 Å². The van der Waals surface area contributed by atoms with Gasteiger partial charge in [0, 0.05) is 11.8 Å². The number of carbonyl (C=O) groups is 1. The topological polar surface area (TPSA) is 37.3 Å². The van der Waals surface area contributed by atoms with Crippen molar-refractivity contribution in [2.24, 2.45) is 28.1 Å². The van der Waals surface area contributed by atoms with Crippen LogP contribution in [0.5, 0.6) is 0 Å². The van der Waals surface area contributed by atoms with Gasteiger partial charge in [-0.2, -0.15) is 0 Å². The largest absolute Gasteiger partial charge is 0.389 e. The number of fused-ring (bicyclic) bond motifs is 3. The zero-order valence-corrected chi connectivity index (χ0v) is 14.7. The Kier molecular flexibility index (Phi) is 3.46. The summed E-state index contributed by atoms with van der Waals surface area (Å²) in [5.74, 6) is 0.440. The van der Waals surface area contributed by atoms with Gasteiger partial charge in [-0.3, -0.25) is 4.79 Å². The van der Waals surface area contributed by atoms with E-state index in [0.717, 1.165) is 32.1 Å². The fourth-order valence-electron chi connectivity index (χ4n) is 6.54. The zero-order valence-electron chi connectivity index (χ0n) is 14.7. The van der Waals surface area contributed by atoms with Gasteiger partial charge in [0.05, 0.1) is 11.5 Å². The molecule has 0 radical (unpaired) electrons. The first-order valence-corrected chi connectivity index (χ1v) is 8.99. The fraction of sp³-hybridized carbons (Fsp3) is 0.850. The van der Waals surface area contributed by atoms with Crippen molar-refractivity contribution in [3.63, 3.8) is 0 Å². The molecular weight excluding hydrogens is 272 g/mol. The maximum absolute atomic E-state index is 13.0. The number of allylic oxidation sites excluding steroid dienone is 1. The molecule has 0 aromatic carbocycles. The number of hydrogen-bond acceptors (Lipinski definition) is 2. The van der Waals surface area contributed by atoms with Gasteiger partial charge in [-0.05, 0) is 48.9 Å². The van der Waals surface area contributed by atoms with Gasteiger partial charge >= 0.3 is 0 Å². The summed E-state index contributed by atoms with van der Waals surface area (Å²) in [6, 6.07) is 0. The second kappa shape index (κ2) is 4.69. The molecular formula is C20H32O2. The van der Waals surface area contributed by atoms with E-state index in [-0.39, 0.29) is 27.9 Å². The zero-order chi connectivity index (χ0) is 16.4. The van der Waals surface area contributed by atoms with E-state index in [4.69, 9.17) is 0 Å². The van der Waals surface area contributed by atoms with E-state index in [1.54, 1.807) is 0 Å². The van der Waals surface area contributed by atoms with E-state index in [1.165, 1.54) is 6.42 Å². The van der Waals surface area contributed by atoms with Crippen LogP contribution in [0.15, 0.2) is 12.7 Å². The van der Waals surface area contributed by atoms with Crippen LogP contribution in [0.1, 0.15) is 72.6 Å². The lowest BCUT2D eigenvalue weighted by molar-refractivity contribution is -0.176. The molecule has 0 aliphatic heterocycles. The number of aliphatic hydroxyl groups is 1. The van der Waals surface area contributed by atoms with E-state index in [1.807, 2.05) is 6.08 Å². The minimum absolute atomic E-state index is 0.146. The molecule has 124 valence electrons. The average Bonchev–Trinajstić information content (AvgIpc) is 2.66. The molecule has 5 unspecified atom stereocenters. The third kappa shape index (κ3) is 1.85. The molecule has 2 nitrogen and oxygen atoms in total. The van der Waals surface area contributed by atoms with Crippen molar-refractivity contribution in [2.45, 2.75) is 78.2 Å². The van der Waals surface area contributed by atoms with Gasteiger partial charge in [-0.15, -0.1) is 6.58 Å². The second-order valence-electron chi connectivity index (χ2n) is 9.38. The summed E-state index contributed by atoms with van der Waals surface area (Å²) in [6.07, 6.45) is 8.55. The molecule has 2 heteroatoms. The predicted octanol–water partition coefficient (Wildman–Crippen LogP) is 4.52. The van der Waals surface area contributed by atoms with Crippen LogP contribution in [0.2, 0.25) is 0 Å². The predicted molar refractivity (Wildman–Crippen MR) is 89.4 cm³/mol. The molecule has 0 saturated heterocycles. The van der Waals surface area contributed by atoms with Crippen molar-refractivity contribution in [1.29, 1.82) is 0 Å². The summed E-state index contributed by atoms with van der Waals surface area (Å²) < 4.78 is 0. The first-order valence-electron chi connectivity index (χ1n) is 8.99. The van der Waals surface area contributed by atoms with Crippen molar-refractivity contribution < 1.29 is 9.90 Å². The normalized spacial score (nSPS) is 50.9. The van der Waals surface area contributed by atoms with Crippen LogP contribution in [0.25, 0.3) is 0 Å². The van der Waals surface area contributed by atoms with Crippen molar-refractivity contribution in [3.8, 4) is 0 Å². The molecule has 0 heterocycles. The molecule has 3 aliphatic rings. The molecule has 5 atom stereocenters. The minimum atomic E-state index is -0.855. The Morgan fingerprint density at radius 2 is 1.82 bits per heavy atom. The van der Waals surface area contributed by atoms with Crippen molar-refractivity contribution in [2.75, 3.05) is 0 Å². The molecule has 3 rings (SSSR count).